The Bertz CT molecular complexity index is 929. The number of nitrogens with one attached hydrogen (secondary N) is 3. The van der Waals surface area contributed by atoms with E-state index in [4.69, 9.17) is 27.1 Å². The third-order valence-electron chi connectivity index (χ3n) is 6.77. The van der Waals surface area contributed by atoms with E-state index in [2.05, 4.69) is 20.9 Å². The van der Waals surface area contributed by atoms with Crippen molar-refractivity contribution in [1.82, 2.24) is 15.3 Å². The number of nitrogens with two attached hydrogens (primary N) is 1. The lowest BCUT2D eigenvalue weighted by molar-refractivity contribution is 0.0574. The van der Waals surface area contributed by atoms with Gasteiger partial charge in [-0.3, -0.25) is 0 Å². The molecule has 2 fully saturated rings. The summed E-state index contributed by atoms with van der Waals surface area (Å²) in [5.41, 5.74) is 7.88. The molecule has 2 aromatic rings. The van der Waals surface area contributed by atoms with Gasteiger partial charge in [0, 0.05) is 55.7 Å². The zero-order valence-electron chi connectivity index (χ0n) is 19.9. The van der Waals surface area contributed by atoms with E-state index in [1.165, 1.54) is 0 Å². The first-order valence-electron chi connectivity index (χ1n) is 12.3. The molecule has 1 saturated heterocycles. The number of aromatic nitrogens is 2. The van der Waals surface area contributed by atoms with Crippen molar-refractivity contribution < 1.29 is 9.84 Å². The van der Waals surface area contributed by atoms with Crippen LogP contribution in [0.1, 0.15) is 45.4 Å². The first-order chi connectivity index (χ1) is 16.4. The highest BCUT2D eigenvalue weighted by Gasteiger charge is 2.28. The zero-order chi connectivity index (χ0) is 24.0. The van der Waals surface area contributed by atoms with Gasteiger partial charge in [-0.2, -0.15) is 0 Å². The molecular weight excluding hydrogens is 452 g/mol. The molecule has 1 atom stereocenters. The number of ether oxygens (including phenoxy) is 1. The van der Waals surface area contributed by atoms with Crippen LogP contribution in [0.5, 0.6) is 0 Å². The topological polar surface area (TPSA) is 117 Å². The van der Waals surface area contributed by atoms with Crippen molar-refractivity contribution in [2.45, 2.75) is 69.2 Å². The van der Waals surface area contributed by atoms with Crippen LogP contribution < -0.4 is 21.7 Å². The highest BCUT2D eigenvalue weighted by molar-refractivity contribution is 6.33. The summed E-state index contributed by atoms with van der Waals surface area (Å²) in [5, 5.41) is 20.5. The van der Waals surface area contributed by atoms with Crippen LogP contribution >= 0.6 is 11.6 Å². The molecule has 0 bridgehead atoms. The molecule has 1 aliphatic heterocycles. The van der Waals surface area contributed by atoms with E-state index in [0.29, 0.717) is 43.4 Å². The largest absolute Gasteiger partial charge is 0.392 e. The van der Waals surface area contributed by atoms with Crippen LogP contribution in [0, 0.1) is 0 Å². The van der Waals surface area contributed by atoms with E-state index in [0.717, 1.165) is 61.4 Å². The summed E-state index contributed by atoms with van der Waals surface area (Å²) in [4.78, 5) is 9.29. The van der Waals surface area contributed by atoms with Gasteiger partial charge >= 0.3 is 0 Å². The third kappa shape index (κ3) is 7.02. The molecule has 0 spiro atoms. The average Bonchev–Trinajstić information content (AvgIpc) is 2.84. The summed E-state index contributed by atoms with van der Waals surface area (Å²) in [7, 11) is 0. The van der Waals surface area contributed by atoms with Crippen LogP contribution in [0.15, 0.2) is 30.5 Å². The Hall–Kier alpha value is -1.97. The number of rotatable bonds is 9. The number of aliphatic hydroxyl groups is 1. The number of hydrogen-bond donors (Lipinski definition) is 5. The Morgan fingerprint density at radius 1 is 1.18 bits per heavy atom. The van der Waals surface area contributed by atoms with Crippen LogP contribution in [-0.2, 0) is 4.74 Å². The number of nitrogens with zero attached hydrogens (tertiary/aromatic N) is 2. The van der Waals surface area contributed by atoms with Gasteiger partial charge in [0.2, 0.25) is 0 Å². The number of pyridine rings is 2. The van der Waals surface area contributed by atoms with Gasteiger partial charge in [-0.25, -0.2) is 9.97 Å². The van der Waals surface area contributed by atoms with Gasteiger partial charge in [-0.15, -0.1) is 0 Å². The number of aliphatic hydroxyl groups excluding tert-OH is 1. The lowest BCUT2D eigenvalue weighted by Crippen LogP contribution is -2.50. The molecule has 9 heteroatoms. The van der Waals surface area contributed by atoms with Crippen molar-refractivity contribution >= 4 is 23.2 Å². The molecule has 2 aromatic heterocycles. The van der Waals surface area contributed by atoms with Gasteiger partial charge in [-0.05, 0) is 63.6 Å². The monoisotopic (exact) mass is 488 g/mol. The summed E-state index contributed by atoms with van der Waals surface area (Å²) >= 11 is 6.51. The van der Waals surface area contributed by atoms with Crippen molar-refractivity contribution in [1.29, 1.82) is 0 Å². The van der Waals surface area contributed by atoms with Crippen molar-refractivity contribution in [2.24, 2.45) is 5.73 Å². The summed E-state index contributed by atoms with van der Waals surface area (Å²) in [6.07, 6.45) is 7.32. The first kappa shape index (κ1) is 25.1. The second kappa shape index (κ2) is 11.6. The van der Waals surface area contributed by atoms with E-state index >= 15 is 0 Å². The van der Waals surface area contributed by atoms with E-state index in [9.17, 15) is 5.11 Å². The maximum Gasteiger partial charge on any atom is 0.126 e. The minimum atomic E-state index is -0.312. The minimum absolute atomic E-state index is 0.272. The molecule has 2 aliphatic rings. The second-order valence-electron chi connectivity index (χ2n) is 9.74. The minimum Gasteiger partial charge on any atom is -0.392 e. The molecule has 0 unspecified atom stereocenters. The molecule has 34 heavy (non-hydrogen) atoms. The Kier molecular flexibility index (Phi) is 8.60. The molecule has 0 amide bonds. The highest BCUT2D eigenvalue weighted by atomic mass is 35.5. The van der Waals surface area contributed by atoms with E-state index < -0.39 is 0 Å². The summed E-state index contributed by atoms with van der Waals surface area (Å²) in [6.45, 7) is 4.51. The Morgan fingerprint density at radius 2 is 1.91 bits per heavy atom. The van der Waals surface area contributed by atoms with E-state index in [1.54, 1.807) is 6.20 Å². The van der Waals surface area contributed by atoms with Crippen LogP contribution in [0.4, 0.5) is 11.6 Å². The van der Waals surface area contributed by atoms with Gasteiger partial charge in [0.15, 0.2) is 0 Å². The summed E-state index contributed by atoms with van der Waals surface area (Å²) < 4.78 is 5.44. The smallest absolute Gasteiger partial charge is 0.126 e. The predicted octanol–water partition coefficient (Wildman–Crippen LogP) is 3.41. The van der Waals surface area contributed by atoms with Gasteiger partial charge in [0.1, 0.15) is 11.6 Å². The van der Waals surface area contributed by atoms with Gasteiger partial charge in [-0.1, -0.05) is 17.7 Å². The molecule has 0 radical (unpaired) electrons. The maximum atomic E-state index is 9.48. The first-order valence-corrected chi connectivity index (χ1v) is 12.7. The summed E-state index contributed by atoms with van der Waals surface area (Å²) in [6, 6.07) is 8.70. The maximum absolute atomic E-state index is 9.48. The molecule has 3 heterocycles. The van der Waals surface area contributed by atoms with Gasteiger partial charge in [0.25, 0.3) is 0 Å². The SMILES string of the molecule is C[C@@H](O)CN[C@H]1CC[C@H](Nc2cc(-c3cccc(NCC4(N)CCOCC4)n3)c(Cl)cn2)CC1. The molecule has 8 nitrogen and oxygen atoms in total. The number of anilines is 2. The summed E-state index contributed by atoms with van der Waals surface area (Å²) in [5.74, 6) is 1.59. The molecule has 4 rings (SSSR count). The molecule has 1 saturated carbocycles. The average molecular weight is 489 g/mol. The van der Waals surface area contributed by atoms with Crippen molar-refractivity contribution in [3.63, 3.8) is 0 Å². The van der Waals surface area contributed by atoms with E-state index in [1.807, 2.05) is 31.2 Å². The van der Waals surface area contributed by atoms with Crippen molar-refractivity contribution in [2.75, 3.05) is 36.9 Å². The van der Waals surface area contributed by atoms with Crippen molar-refractivity contribution in [3.8, 4) is 11.3 Å². The van der Waals surface area contributed by atoms with Crippen molar-refractivity contribution in [3.05, 3.63) is 35.5 Å². The molecule has 6 N–H and O–H groups in total. The Morgan fingerprint density at radius 3 is 2.65 bits per heavy atom. The Labute approximate surface area is 207 Å². The number of halogens is 1. The van der Waals surface area contributed by atoms with E-state index in [-0.39, 0.29) is 11.6 Å². The quantitative estimate of drug-likeness (QED) is 0.364. The van der Waals surface area contributed by atoms with Crippen LogP contribution in [0.3, 0.4) is 0 Å². The Balaban J connectivity index is 1.37. The molecular formula is C25H37ClN6O2. The highest BCUT2D eigenvalue weighted by Crippen LogP contribution is 2.30. The number of hydrogen-bond acceptors (Lipinski definition) is 8. The molecule has 1 aliphatic carbocycles. The fraction of sp³-hybridized carbons (Fsp3) is 0.600. The fourth-order valence-corrected chi connectivity index (χ4v) is 4.81. The predicted molar refractivity (Wildman–Crippen MR) is 137 cm³/mol. The lowest BCUT2D eigenvalue weighted by atomic mass is 9.91. The fourth-order valence-electron chi connectivity index (χ4n) is 4.61. The van der Waals surface area contributed by atoms with Crippen LogP contribution in [0.25, 0.3) is 11.3 Å². The van der Waals surface area contributed by atoms with Gasteiger partial charge < -0.3 is 31.5 Å². The van der Waals surface area contributed by atoms with Crippen LogP contribution in [0.2, 0.25) is 5.02 Å². The zero-order valence-corrected chi connectivity index (χ0v) is 20.7. The second-order valence-corrected chi connectivity index (χ2v) is 10.1. The van der Waals surface area contributed by atoms with Gasteiger partial charge in [0.05, 0.1) is 16.8 Å². The standard InChI is InChI=1S/C25H37ClN6O2/c1-17(33)14-28-18-5-7-19(8-6-18)31-24-13-20(21(26)15-29-24)22-3-2-4-23(32-22)30-16-25(27)9-11-34-12-10-25/h2-4,13,15,17-19,28,33H,5-12,14,16,27H2,1H3,(H,29,31)(H,30,32)/t17-,18-,19-/m1/s1. The molecule has 186 valence electrons. The lowest BCUT2D eigenvalue weighted by Gasteiger charge is -2.33. The third-order valence-corrected chi connectivity index (χ3v) is 7.07. The van der Waals surface area contributed by atoms with Crippen LogP contribution in [-0.4, -0.2) is 65.1 Å². The normalized spacial score (nSPS) is 23.3. The molecule has 0 aromatic carbocycles.